The first-order chi connectivity index (χ1) is 20.2. The summed E-state index contributed by atoms with van der Waals surface area (Å²) in [5.41, 5.74) is 3.88. The molecule has 42 heavy (non-hydrogen) atoms. The van der Waals surface area contributed by atoms with Gasteiger partial charge in [-0.15, -0.1) is 0 Å². The molecule has 7 nitrogen and oxygen atoms in total. The predicted molar refractivity (Wildman–Crippen MR) is 166 cm³/mol. The molecular weight excluding hydrogens is 546 g/mol. The van der Waals surface area contributed by atoms with Crippen LogP contribution in [0.3, 0.4) is 0 Å². The van der Waals surface area contributed by atoms with Gasteiger partial charge in [-0.2, -0.15) is 0 Å². The number of sulfonamides is 1. The van der Waals surface area contributed by atoms with Crippen LogP contribution in [0, 0.1) is 13.8 Å². The summed E-state index contributed by atoms with van der Waals surface area (Å²) in [6.07, 6.45) is 0.278. The average Bonchev–Trinajstić information content (AvgIpc) is 2.99. The minimum absolute atomic E-state index is 0.0848. The van der Waals surface area contributed by atoms with Gasteiger partial charge >= 0.3 is 0 Å². The average molecular weight is 584 g/mol. The van der Waals surface area contributed by atoms with E-state index in [4.69, 9.17) is 0 Å². The van der Waals surface area contributed by atoms with Crippen molar-refractivity contribution in [2.24, 2.45) is 0 Å². The smallest absolute Gasteiger partial charge is 0.264 e. The molecule has 1 N–H and O–H groups in total. The van der Waals surface area contributed by atoms with Crippen LogP contribution >= 0.6 is 0 Å². The molecule has 4 rings (SSSR count). The maximum Gasteiger partial charge on any atom is 0.264 e. The summed E-state index contributed by atoms with van der Waals surface area (Å²) >= 11 is 0. The highest BCUT2D eigenvalue weighted by Crippen LogP contribution is 2.26. The van der Waals surface area contributed by atoms with Crippen molar-refractivity contribution in [1.29, 1.82) is 0 Å². The van der Waals surface area contributed by atoms with E-state index in [0.29, 0.717) is 12.2 Å². The van der Waals surface area contributed by atoms with Gasteiger partial charge in [-0.25, -0.2) is 8.42 Å². The van der Waals surface area contributed by atoms with Crippen LogP contribution in [0.4, 0.5) is 5.69 Å². The SMILES string of the molecule is CCNC(=O)[C@@H](Cc1ccccc1)N(Cc1ccccc1)C(=O)CN(c1cccc(C)c1)S(=O)(=O)c1ccc(C)cc1. The summed E-state index contributed by atoms with van der Waals surface area (Å²) in [6.45, 7) is 5.64. The van der Waals surface area contributed by atoms with E-state index in [9.17, 15) is 18.0 Å². The van der Waals surface area contributed by atoms with E-state index in [-0.39, 0.29) is 23.8 Å². The Hall–Kier alpha value is -4.43. The van der Waals surface area contributed by atoms with Crippen LogP contribution in [0.2, 0.25) is 0 Å². The number of hydrogen-bond acceptors (Lipinski definition) is 4. The van der Waals surface area contributed by atoms with E-state index in [2.05, 4.69) is 5.32 Å². The first-order valence-electron chi connectivity index (χ1n) is 14.0. The lowest BCUT2D eigenvalue weighted by Crippen LogP contribution is -2.53. The molecule has 0 heterocycles. The summed E-state index contributed by atoms with van der Waals surface area (Å²) in [7, 11) is -4.12. The lowest BCUT2D eigenvalue weighted by atomic mass is 10.0. The van der Waals surface area contributed by atoms with Gasteiger partial charge in [-0.1, -0.05) is 90.5 Å². The van der Waals surface area contributed by atoms with Crippen molar-refractivity contribution in [3.8, 4) is 0 Å². The third-order valence-electron chi connectivity index (χ3n) is 7.00. The molecule has 4 aromatic carbocycles. The molecule has 0 aliphatic carbocycles. The number of nitrogens with zero attached hydrogens (tertiary/aromatic N) is 2. The molecule has 0 spiro atoms. The fourth-order valence-electron chi connectivity index (χ4n) is 4.78. The molecule has 0 aliphatic rings. The largest absolute Gasteiger partial charge is 0.355 e. The lowest BCUT2D eigenvalue weighted by molar-refractivity contribution is -0.140. The van der Waals surface area contributed by atoms with E-state index in [1.54, 1.807) is 42.5 Å². The van der Waals surface area contributed by atoms with Gasteiger partial charge in [0.15, 0.2) is 0 Å². The van der Waals surface area contributed by atoms with Gasteiger partial charge in [0.25, 0.3) is 10.0 Å². The van der Waals surface area contributed by atoms with Gasteiger partial charge in [-0.3, -0.25) is 13.9 Å². The van der Waals surface area contributed by atoms with Crippen LogP contribution in [0.15, 0.2) is 114 Å². The van der Waals surface area contributed by atoms with Gasteiger partial charge in [0, 0.05) is 19.5 Å². The molecule has 4 aromatic rings. The predicted octanol–water partition coefficient (Wildman–Crippen LogP) is 5.27. The highest BCUT2D eigenvalue weighted by molar-refractivity contribution is 7.92. The lowest BCUT2D eigenvalue weighted by Gasteiger charge is -2.34. The number of aryl methyl sites for hydroxylation is 2. The van der Waals surface area contributed by atoms with Gasteiger partial charge in [0.1, 0.15) is 12.6 Å². The Labute approximate surface area is 248 Å². The van der Waals surface area contributed by atoms with Gasteiger partial charge in [-0.05, 0) is 61.7 Å². The number of carbonyl (C=O) groups excluding carboxylic acids is 2. The van der Waals surface area contributed by atoms with E-state index >= 15 is 0 Å². The monoisotopic (exact) mass is 583 g/mol. The summed E-state index contributed by atoms with van der Waals surface area (Å²) in [5, 5.41) is 2.88. The summed E-state index contributed by atoms with van der Waals surface area (Å²) in [5.74, 6) is -0.780. The Bertz CT molecular complexity index is 1590. The minimum atomic E-state index is -4.12. The number of nitrogens with one attached hydrogen (secondary N) is 1. The van der Waals surface area contributed by atoms with Crippen LogP contribution in [0.5, 0.6) is 0 Å². The minimum Gasteiger partial charge on any atom is -0.355 e. The van der Waals surface area contributed by atoms with Gasteiger partial charge in [0.05, 0.1) is 10.6 Å². The molecule has 0 aromatic heterocycles. The second-order valence-corrected chi connectivity index (χ2v) is 12.1. The zero-order valence-corrected chi connectivity index (χ0v) is 25.1. The van der Waals surface area contributed by atoms with Crippen molar-refractivity contribution < 1.29 is 18.0 Å². The number of rotatable bonds is 12. The topological polar surface area (TPSA) is 86.8 Å². The number of amides is 2. The maximum absolute atomic E-state index is 14.3. The molecule has 218 valence electrons. The van der Waals surface area contributed by atoms with Gasteiger partial charge in [0.2, 0.25) is 11.8 Å². The number of anilines is 1. The fourth-order valence-corrected chi connectivity index (χ4v) is 6.18. The second-order valence-electron chi connectivity index (χ2n) is 10.3. The van der Waals surface area contributed by atoms with Crippen molar-refractivity contribution in [3.05, 3.63) is 131 Å². The van der Waals surface area contributed by atoms with Crippen LogP contribution in [-0.2, 0) is 32.6 Å². The summed E-state index contributed by atoms with van der Waals surface area (Å²) < 4.78 is 29.2. The van der Waals surface area contributed by atoms with E-state index in [1.165, 1.54) is 4.90 Å². The zero-order valence-electron chi connectivity index (χ0n) is 24.2. The van der Waals surface area contributed by atoms with Crippen LogP contribution in [0.25, 0.3) is 0 Å². The van der Waals surface area contributed by atoms with Crippen molar-refractivity contribution in [2.75, 3.05) is 17.4 Å². The highest BCUT2D eigenvalue weighted by atomic mass is 32.2. The van der Waals surface area contributed by atoms with Crippen LogP contribution < -0.4 is 9.62 Å². The Morgan fingerprint density at radius 3 is 1.98 bits per heavy atom. The fraction of sp³-hybridized carbons (Fsp3) is 0.235. The quantitative estimate of drug-likeness (QED) is 0.246. The zero-order chi connectivity index (χ0) is 30.1. The van der Waals surface area contributed by atoms with Crippen molar-refractivity contribution in [3.63, 3.8) is 0 Å². The van der Waals surface area contributed by atoms with Gasteiger partial charge < -0.3 is 10.2 Å². The van der Waals surface area contributed by atoms with Crippen molar-refractivity contribution in [2.45, 2.75) is 44.7 Å². The first kappa shape index (κ1) is 30.5. The first-order valence-corrected chi connectivity index (χ1v) is 15.4. The van der Waals surface area contributed by atoms with Crippen LogP contribution in [0.1, 0.15) is 29.2 Å². The maximum atomic E-state index is 14.3. The van der Waals surface area contributed by atoms with Crippen molar-refractivity contribution >= 4 is 27.5 Å². The molecule has 1 atom stereocenters. The number of benzene rings is 4. The molecule has 0 fully saturated rings. The molecular formula is C34H37N3O4S. The Morgan fingerprint density at radius 1 is 0.762 bits per heavy atom. The van der Waals surface area contributed by atoms with Crippen molar-refractivity contribution in [1.82, 2.24) is 10.2 Å². The summed E-state index contributed by atoms with van der Waals surface area (Å²) in [4.78, 5) is 29.4. The van der Waals surface area contributed by atoms with E-state index < -0.39 is 28.5 Å². The van der Waals surface area contributed by atoms with E-state index in [0.717, 1.165) is 26.6 Å². The molecule has 0 saturated heterocycles. The Morgan fingerprint density at radius 2 is 1.38 bits per heavy atom. The normalized spacial score (nSPS) is 11.9. The third-order valence-corrected chi connectivity index (χ3v) is 8.78. The molecule has 0 saturated carbocycles. The molecule has 2 amide bonds. The molecule has 8 heteroatoms. The molecule has 0 radical (unpaired) electrons. The Balaban J connectivity index is 1.78. The number of likely N-dealkylation sites (N-methyl/N-ethyl adjacent to an activating group) is 1. The van der Waals surface area contributed by atoms with E-state index in [1.807, 2.05) is 87.5 Å². The Kier molecular flexibility index (Phi) is 10.1. The summed E-state index contributed by atoms with van der Waals surface area (Å²) in [6, 6.07) is 31.7. The standard InChI is InChI=1S/C34H37N3O4S/c1-4-35-34(39)32(23-28-13-7-5-8-14-28)36(24-29-15-9-6-10-16-29)33(38)25-37(30-17-11-12-27(3)22-30)42(40,41)31-20-18-26(2)19-21-31/h5-22,32H,4,23-25H2,1-3H3,(H,35,39)/t32-/m1/s1. The highest BCUT2D eigenvalue weighted by Gasteiger charge is 2.34. The second kappa shape index (κ2) is 14.0. The number of carbonyl (C=O) groups is 2. The molecule has 0 unspecified atom stereocenters. The number of hydrogen-bond donors (Lipinski definition) is 1. The van der Waals surface area contributed by atoms with Crippen LogP contribution in [-0.4, -0.2) is 44.3 Å². The molecule has 0 bridgehead atoms. The third kappa shape index (κ3) is 7.64. The molecule has 0 aliphatic heterocycles.